The van der Waals surface area contributed by atoms with Crippen LogP contribution in [0.3, 0.4) is 0 Å². The van der Waals surface area contributed by atoms with Gasteiger partial charge in [-0.05, 0) is 12.8 Å². The van der Waals surface area contributed by atoms with E-state index in [2.05, 4.69) is 13.8 Å². The molecule has 0 amide bonds. The van der Waals surface area contributed by atoms with Crippen LogP contribution in [-0.4, -0.2) is 13.2 Å². The Morgan fingerprint density at radius 1 is 0.840 bits per heavy atom. The SMILES string of the molecule is CCCCCCOP(=O)(OCCCCCC)OC(C=C(Cl)Cl)=C(Cl)Cl. The maximum atomic E-state index is 12.8. The second-order valence-electron chi connectivity index (χ2n) is 5.38. The number of halogens is 4. The van der Waals surface area contributed by atoms with Crippen molar-refractivity contribution >= 4 is 54.2 Å². The molecular formula is C16H27Cl4O4P. The van der Waals surface area contributed by atoms with Gasteiger partial charge in [-0.3, -0.25) is 9.05 Å². The van der Waals surface area contributed by atoms with Gasteiger partial charge in [0.1, 0.15) is 8.98 Å². The molecule has 0 aromatic carbocycles. The average molecular weight is 456 g/mol. The van der Waals surface area contributed by atoms with Gasteiger partial charge in [0.15, 0.2) is 5.76 Å². The van der Waals surface area contributed by atoms with Crippen molar-refractivity contribution in [1.29, 1.82) is 0 Å². The summed E-state index contributed by atoms with van der Waals surface area (Å²) in [6.07, 6.45) is 8.93. The van der Waals surface area contributed by atoms with E-state index in [9.17, 15) is 4.57 Å². The Morgan fingerprint density at radius 2 is 1.32 bits per heavy atom. The zero-order valence-corrected chi connectivity index (χ0v) is 18.7. The summed E-state index contributed by atoms with van der Waals surface area (Å²) >= 11 is 22.6. The van der Waals surface area contributed by atoms with Crippen LogP contribution >= 0.6 is 54.2 Å². The van der Waals surface area contributed by atoms with Crippen molar-refractivity contribution in [2.24, 2.45) is 0 Å². The van der Waals surface area contributed by atoms with Gasteiger partial charge in [-0.15, -0.1) is 0 Å². The van der Waals surface area contributed by atoms with E-state index in [1.165, 1.54) is 0 Å². The first kappa shape index (κ1) is 25.6. The summed E-state index contributed by atoms with van der Waals surface area (Å²) in [5, 5.41) is 0. The number of hydrogen-bond acceptors (Lipinski definition) is 4. The molecule has 0 rings (SSSR count). The Kier molecular flexibility index (Phi) is 16.0. The van der Waals surface area contributed by atoms with Crippen LogP contribution in [0, 0.1) is 0 Å². The van der Waals surface area contributed by atoms with E-state index >= 15 is 0 Å². The quantitative estimate of drug-likeness (QED) is 0.108. The predicted molar refractivity (Wildman–Crippen MR) is 107 cm³/mol. The van der Waals surface area contributed by atoms with E-state index < -0.39 is 7.82 Å². The molecule has 4 nitrogen and oxygen atoms in total. The van der Waals surface area contributed by atoms with Gasteiger partial charge in [0.25, 0.3) is 0 Å². The number of phosphoric ester groups is 1. The van der Waals surface area contributed by atoms with Gasteiger partial charge in [-0.25, -0.2) is 4.57 Å². The first-order valence-corrected chi connectivity index (χ1v) is 11.5. The Balaban J connectivity index is 4.82. The molecule has 0 saturated carbocycles. The zero-order chi connectivity index (χ0) is 19.1. The van der Waals surface area contributed by atoms with Gasteiger partial charge in [0.05, 0.1) is 13.2 Å². The highest BCUT2D eigenvalue weighted by Gasteiger charge is 2.30. The Bertz CT molecular complexity index is 443. The molecule has 0 aromatic rings. The van der Waals surface area contributed by atoms with Crippen LogP contribution in [0.15, 0.2) is 20.8 Å². The minimum atomic E-state index is -3.87. The molecule has 0 fully saturated rings. The topological polar surface area (TPSA) is 44.8 Å². The molecule has 0 atom stereocenters. The van der Waals surface area contributed by atoms with Crippen LogP contribution in [0.4, 0.5) is 0 Å². The second-order valence-corrected chi connectivity index (χ2v) is 8.94. The highest BCUT2D eigenvalue weighted by atomic mass is 35.5. The lowest BCUT2D eigenvalue weighted by atomic mass is 10.2. The molecule has 0 aromatic heterocycles. The smallest absolute Gasteiger partial charge is 0.401 e. The molecule has 0 heterocycles. The number of allylic oxidation sites excluding steroid dienone is 1. The van der Waals surface area contributed by atoms with Gasteiger partial charge >= 0.3 is 7.82 Å². The Labute approximate surface area is 171 Å². The van der Waals surface area contributed by atoms with Crippen LogP contribution in [-0.2, 0) is 18.1 Å². The first-order chi connectivity index (χ1) is 11.8. The van der Waals surface area contributed by atoms with Crippen molar-refractivity contribution in [3.63, 3.8) is 0 Å². The Hall–Kier alpha value is 0.590. The van der Waals surface area contributed by atoms with E-state index in [0.29, 0.717) is 0 Å². The molecule has 0 saturated heterocycles. The fourth-order valence-electron chi connectivity index (χ4n) is 1.84. The fraction of sp³-hybridized carbons (Fsp3) is 0.750. The van der Waals surface area contributed by atoms with Gasteiger partial charge in [-0.1, -0.05) is 98.8 Å². The second kappa shape index (κ2) is 15.6. The third kappa shape index (κ3) is 14.3. The van der Waals surface area contributed by atoms with Gasteiger partial charge in [0.2, 0.25) is 0 Å². The first-order valence-electron chi connectivity index (χ1n) is 8.51. The molecule has 0 bridgehead atoms. The monoisotopic (exact) mass is 454 g/mol. The van der Waals surface area contributed by atoms with Gasteiger partial charge in [-0.2, -0.15) is 0 Å². The third-order valence-electron chi connectivity index (χ3n) is 3.13. The zero-order valence-electron chi connectivity index (χ0n) is 14.7. The summed E-state index contributed by atoms with van der Waals surface area (Å²) in [7, 11) is -3.87. The van der Waals surface area contributed by atoms with Gasteiger partial charge < -0.3 is 4.52 Å². The molecule has 0 N–H and O–H groups in total. The number of hydrogen-bond donors (Lipinski definition) is 0. The molecule has 0 aliphatic carbocycles. The van der Waals surface area contributed by atoms with E-state index in [1.54, 1.807) is 0 Å². The van der Waals surface area contributed by atoms with E-state index in [1.807, 2.05) is 0 Å². The summed E-state index contributed by atoms with van der Waals surface area (Å²) in [5.74, 6) is -0.159. The minimum Gasteiger partial charge on any atom is -0.401 e. The van der Waals surface area contributed by atoms with Crippen LogP contribution in [0.5, 0.6) is 0 Å². The molecule has 148 valence electrons. The van der Waals surface area contributed by atoms with Crippen LogP contribution < -0.4 is 0 Å². The van der Waals surface area contributed by atoms with E-state index in [4.69, 9.17) is 60.0 Å². The van der Waals surface area contributed by atoms with Crippen molar-refractivity contribution in [1.82, 2.24) is 0 Å². The summed E-state index contributed by atoms with van der Waals surface area (Å²) < 4.78 is 28.5. The molecule has 9 heteroatoms. The molecule has 0 aliphatic rings. The highest BCUT2D eigenvalue weighted by Crippen LogP contribution is 2.53. The van der Waals surface area contributed by atoms with Crippen molar-refractivity contribution in [3.8, 4) is 0 Å². The number of rotatable bonds is 15. The van der Waals surface area contributed by atoms with Crippen molar-refractivity contribution in [2.75, 3.05) is 13.2 Å². The molecule has 25 heavy (non-hydrogen) atoms. The fourth-order valence-corrected chi connectivity index (χ4v) is 3.60. The van der Waals surface area contributed by atoms with Crippen LogP contribution in [0.1, 0.15) is 65.2 Å². The summed E-state index contributed by atoms with van der Waals surface area (Å²) in [6.45, 7) is 4.71. The standard InChI is InChI=1S/C16H27Cl4O4P/c1-3-5-7-9-11-22-25(21,23-12-10-8-6-4-2)24-14(16(19)20)13-15(17)18/h13H,3-12H2,1-2H3. The molecule has 0 unspecified atom stereocenters. The molecule has 0 radical (unpaired) electrons. The predicted octanol–water partition coefficient (Wildman–Crippen LogP) is 8.27. The molecule has 0 aliphatic heterocycles. The van der Waals surface area contributed by atoms with Crippen LogP contribution in [0.25, 0.3) is 0 Å². The number of phosphoric acid groups is 1. The lowest BCUT2D eigenvalue weighted by molar-refractivity contribution is 0.133. The Morgan fingerprint density at radius 3 is 1.68 bits per heavy atom. The lowest BCUT2D eigenvalue weighted by Crippen LogP contribution is -2.03. The maximum absolute atomic E-state index is 12.8. The summed E-state index contributed by atoms with van der Waals surface area (Å²) in [6, 6.07) is 0. The van der Waals surface area contributed by atoms with Crippen molar-refractivity contribution in [3.05, 3.63) is 20.8 Å². The summed E-state index contributed by atoms with van der Waals surface area (Å²) in [4.78, 5) is 0. The third-order valence-corrected chi connectivity index (χ3v) is 5.14. The van der Waals surface area contributed by atoms with Crippen LogP contribution in [0.2, 0.25) is 0 Å². The van der Waals surface area contributed by atoms with Gasteiger partial charge in [0, 0.05) is 6.08 Å². The molecule has 0 spiro atoms. The lowest BCUT2D eigenvalue weighted by Gasteiger charge is -2.19. The van der Waals surface area contributed by atoms with Crippen molar-refractivity contribution < 1.29 is 18.1 Å². The van der Waals surface area contributed by atoms with E-state index in [-0.39, 0.29) is 28.0 Å². The average Bonchev–Trinajstić information content (AvgIpc) is 2.53. The largest absolute Gasteiger partial charge is 0.530 e. The summed E-state index contributed by atoms with van der Waals surface area (Å²) in [5.41, 5.74) is 0. The van der Waals surface area contributed by atoms with E-state index in [0.717, 1.165) is 57.4 Å². The normalized spacial score (nSPS) is 11.3. The highest BCUT2D eigenvalue weighted by molar-refractivity contribution is 7.48. The molecular weight excluding hydrogens is 429 g/mol. The van der Waals surface area contributed by atoms with Crippen molar-refractivity contribution in [2.45, 2.75) is 65.2 Å². The minimum absolute atomic E-state index is 0.147. The maximum Gasteiger partial charge on any atom is 0.530 e. The number of unbranched alkanes of at least 4 members (excludes halogenated alkanes) is 6.